The van der Waals surface area contributed by atoms with Gasteiger partial charge in [0.15, 0.2) is 11.3 Å². The van der Waals surface area contributed by atoms with Crippen molar-refractivity contribution < 1.29 is 18.0 Å². The Balaban J connectivity index is 2.26. The predicted octanol–water partition coefficient (Wildman–Crippen LogP) is 3.03. The number of thiazole rings is 1. The van der Waals surface area contributed by atoms with Crippen molar-refractivity contribution >= 4 is 40.4 Å². The lowest BCUT2D eigenvalue weighted by Gasteiger charge is -2.34. The molecule has 1 aliphatic heterocycles. The third-order valence-electron chi connectivity index (χ3n) is 2.77. The minimum atomic E-state index is -4.72. The number of anilines is 1. The molecule has 104 valence electrons. The van der Waals surface area contributed by atoms with Crippen molar-refractivity contribution in [1.82, 2.24) is 4.98 Å². The van der Waals surface area contributed by atoms with Gasteiger partial charge in [-0.2, -0.15) is 13.2 Å². The third kappa shape index (κ3) is 1.77. The molecule has 0 radical (unpaired) electrons. The number of aldehydes is 1. The van der Waals surface area contributed by atoms with Crippen molar-refractivity contribution in [2.45, 2.75) is 11.8 Å². The second kappa shape index (κ2) is 4.38. The van der Waals surface area contributed by atoms with Crippen molar-refractivity contribution in [2.24, 2.45) is 4.99 Å². The molecule has 3 rings (SSSR count). The number of carbonyl (C=O) groups is 1. The maximum Gasteiger partial charge on any atom is 0.439 e. The Hall–Kier alpha value is -1.74. The lowest BCUT2D eigenvalue weighted by Crippen LogP contribution is -2.50. The quantitative estimate of drug-likeness (QED) is 0.866. The highest BCUT2D eigenvalue weighted by molar-refractivity contribution is 7.13. The zero-order valence-electron chi connectivity index (χ0n) is 9.64. The summed E-state index contributed by atoms with van der Waals surface area (Å²) >= 11 is 1.99. The molecule has 9 heteroatoms. The fourth-order valence-electron chi connectivity index (χ4n) is 1.90. The molecule has 1 atom stereocenters. The SMILES string of the molecule is O=CC1=NC(c2nccs2)(C(F)(F)F)Nc2ccsc21. The Labute approximate surface area is 119 Å². The van der Waals surface area contributed by atoms with Gasteiger partial charge < -0.3 is 5.32 Å². The lowest BCUT2D eigenvalue weighted by atomic mass is 10.1. The highest BCUT2D eigenvalue weighted by Crippen LogP contribution is 2.47. The van der Waals surface area contributed by atoms with E-state index in [2.05, 4.69) is 15.3 Å². The second-order valence-electron chi connectivity index (χ2n) is 3.95. The average Bonchev–Trinajstić information content (AvgIpc) is 3.06. The third-order valence-corrected chi connectivity index (χ3v) is 4.58. The van der Waals surface area contributed by atoms with Gasteiger partial charge in [-0.1, -0.05) is 0 Å². The molecule has 20 heavy (non-hydrogen) atoms. The van der Waals surface area contributed by atoms with Crippen LogP contribution in [0.5, 0.6) is 0 Å². The van der Waals surface area contributed by atoms with E-state index in [1.54, 1.807) is 5.38 Å². The molecule has 0 saturated heterocycles. The summed E-state index contributed by atoms with van der Waals surface area (Å²) < 4.78 is 40.7. The lowest BCUT2D eigenvalue weighted by molar-refractivity contribution is -0.180. The van der Waals surface area contributed by atoms with Crippen LogP contribution in [0.1, 0.15) is 9.88 Å². The minimum absolute atomic E-state index is 0.221. The average molecular weight is 317 g/mol. The molecule has 0 fully saturated rings. The number of aromatic nitrogens is 1. The molecule has 1 aliphatic rings. The molecule has 3 heterocycles. The monoisotopic (exact) mass is 317 g/mol. The van der Waals surface area contributed by atoms with Gasteiger partial charge in [0, 0.05) is 11.6 Å². The number of fused-ring (bicyclic) bond motifs is 1. The fourth-order valence-corrected chi connectivity index (χ4v) is 3.46. The van der Waals surface area contributed by atoms with E-state index in [1.165, 1.54) is 17.6 Å². The maximum atomic E-state index is 13.6. The van der Waals surface area contributed by atoms with E-state index >= 15 is 0 Å². The molecule has 0 saturated carbocycles. The molecule has 0 bridgehead atoms. The number of halogens is 3. The van der Waals surface area contributed by atoms with Crippen LogP contribution in [0, 0.1) is 0 Å². The summed E-state index contributed by atoms with van der Waals surface area (Å²) in [5.41, 5.74) is -2.69. The number of thiophene rings is 1. The normalized spacial score (nSPS) is 21.9. The summed E-state index contributed by atoms with van der Waals surface area (Å²) in [7, 11) is 0. The Bertz CT molecular complexity index is 677. The van der Waals surface area contributed by atoms with E-state index in [0.29, 0.717) is 11.2 Å². The van der Waals surface area contributed by atoms with Gasteiger partial charge >= 0.3 is 6.18 Å². The van der Waals surface area contributed by atoms with Crippen molar-refractivity contribution in [3.63, 3.8) is 0 Å². The first-order valence-corrected chi connectivity index (χ1v) is 7.11. The number of nitrogens with one attached hydrogen (secondary N) is 1. The van der Waals surface area contributed by atoms with Gasteiger partial charge in [-0.3, -0.25) is 4.79 Å². The van der Waals surface area contributed by atoms with Crippen molar-refractivity contribution in [3.8, 4) is 0 Å². The summed E-state index contributed by atoms with van der Waals surface area (Å²) in [4.78, 5) is 18.8. The molecule has 0 aliphatic carbocycles. The van der Waals surface area contributed by atoms with Crippen molar-refractivity contribution in [3.05, 3.63) is 32.9 Å². The molecule has 0 spiro atoms. The molecular formula is C11H6F3N3OS2. The van der Waals surface area contributed by atoms with Crippen LogP contribution >= 0.6 is 22.7 Å². The van der Waals surface area contributed by atoms with E-state index in [9.17, 15) is 18.0 Å². The highest BCUT2D eigenvalue weighted by Gasteiger charge is 2.60. The first-order chi connectivity index (χ1) is 9.48. The Morgan fingerprint density at radius 1 is 1.30 bits per heavy atom. The molecular weight excluding hydrogens is 311 g/mol. The van der Waals surface area contributed by atoms with Crippen LogP contribution in [-0.4, -0.2) is 23.2 Å². The highest BCUT2D eigenvalue weighted by atomic mass is 32.1. The molecule has 2 aromatic heterocycles. The van der Waals surface area contributed by atoms with Gasteiger partial charge in [0.05, 0.1) is 10.6 Å². The fraction of sp³-hybridized carbons (Fsp3) is 0.182. The second-order valence-corrected chi connectivity index (χ2v) is 5.76. The topological polar surface area (TPSA) is 54.4 Å². The smallest absolute Gasteiger partial charge is 0.347 e. The maximum absolute atomic E-state index is 13.6. The van der Waals surface area contributed by atoms with Gasteiger partial charge in [0.25, 0.3) is 5.66 Å². The summed E-state index contributed by atoms with van der Waals surface area (Å²) in [6.07, 6.45) is -3.11. The van der Waals surface area contributed by atoms with E-state index < -0.39 is 11.8 Å². The van der Waals surface area contributed by atoms with E-state index in [1.807, 2.05) is 0 Å². The van der Waals surface area contributed by atoms with Crippen LogP contribution < -0.4 is 5.32 Å². The Kier molecular flexibility index (Phi) is 2.91. The first kappa shape index (κ1) is 13.3. The largest absolute Gasteiger partial charge is 0.439 e. The number of rotatable bonds is 2. The summed E-state index contributed by atoms with van der Waals surface area (Å²) in [5.74, 6) is 0. The van der Waals surface area contributed by atoms with Crippen LogP contribution in [0.25, 0.3) is 0 Å². The number of hydrogen-bond acceptors (Lipinski definition) is 6. The van der Waals surface area contributed by atoms with Gasteiger partial charge in [-0.25, -0.2) is 9.98 Å². The first-order valence-electron chi connectivity index (χ1n) is 5.36. The predicted molar refractivity (Wildman–Crippen MR) is 70.4 cm³/mol. The van der Waals surface area contributed by atoms with Crippen LogP contribution in [-0.2, 0) is 10.5 Å². The van der Waals surface area contributed by atoms with Crippen LogP contribution in [0.3, 0.4) is 0 Å². The van der Waals surface area contributed by atoms with Gasteiger partial charge in [0.1, 0.15) is 5.71 Å². The number of nitrogens with zero attached hydrogens (tertiary/aromatic N) is 2. The molecule has 1 unspecified atom stereocenters. The van der Waals surface area contributed by atoms with Crippen LogP contribution in [0.2, 0.25) is 0 Å². The molecule has 2 aromatic rings. The minimum Gasteiger partial charge on any atom is -0.347 e. The van der Waals surface area contributed by atoms with Crippen molar-refractivity contribution in [1.29, 1.82) is 0 Å². The van der Waals surface area contributed by atoms with E-state index in [0.717, 1.165) is 22.7 Å². The Morgan fingerprint density at radius 3 is 2.70 bits per heavy atom. The van der Waals surface area contributed by atoms with Gasteiger partial charge in [-0.05, 0) is 11.4 Å². The standard InChI is InChI=1S/C11H6F3N3OS2/c12-11(13,14)10(9-15-2-4-20-9)16-6-1-3-19-8(6)7(5-18)17-10/h1-5,16H. The summed E-state index contributed by atoms with van der Waals surface area (Å²) in [5, 5.41) is 5.17. The molecule has 1 N–H and O–H groups in total. The number of carbonyl (C=O) groups excluding carboxylic acids is 1. The van der Waals surface area contributed by atoms with Crippen LogP contribution in [0.4, 0.5) is 18.9 Å². The molecule has 0 amide bonds. The van der Waals surface area contributed by atoms with Crippen LogP contribution in [0.15, 0.2) is 28.0 Å². The van der Waals surface area contributed by atoms with Gasteiger partial charge in [0.2, 0.25) is 0 Å². The zero-order valence-corrected chi connectivity index (χ0v) is 11.3. The number of hydrogen-bond donors (Lipinski definition) is 1. The number of aliphatic imine (C=N–C) groups is 1. The summed E-state index contributed by atoms with van der Waals surface area (Å²) in [6.45, 7) is 0. The molecule has 4 nitrogen and oxygen atoms in total. The molecule has 0 aromatic carbocycles. The van der Waals surface area contributed by atoms with Gasteiger partial charge in [-0.15, -0.1) is 22.7 Å². The van der Waals surface area contributed by atoms with E-state index in [4.69, 9.17) is 0 Å². The van der Waals surface area contributed by atoms with Crippen molar-refractivity contribution in [2.75, 3.05) is 5.32 Å². The summed E-state index contributed by atoms with van der Waals surface area (Å²) in [6, 6.07) is 1.49. The Morgan fingerprint density at radius 2 is 2.10 bits per heavy atom. The zero-order chi connectivity index (χ0) is 14.4. The number of alkyl halides is 3. The van der Waals surface area contributed by atoms with E-state index in [-0.39, 0.29) is 16.4 Å².